The summed E-state index contributed by atoms with van der Waals surface area (Å²) in [7, 11) is 0. The van der Waals surface area contributed by atoms with Gasteiger partial charge in [0, 0.05) is 18.5 Å². The van der Waals surface area contributed by atoms with Crippen LogP contribution in [0.3, 0.4) is 0 Å². The molecule has 1 amide bonds. The Hall–Kier alpha value is -2.10. The summed E-state index contributed by atoms with van der Waals surface area (Å²) in [6.07, 6.45) is 2.01. The minimum atomic E-state index is -0.974. The van der Waals surface area contributed by atoms with Gasteiger partial charge in [0.2, 0.25) is 5.91 Å². The van der Waals surface area contributed by atoms with Crippen LogP contribution in [0, 0.1) is 0 Å². The van der Waals surface area contributed by atoms with E-state index in [2.05, 4.69) is 6.58 Å². The zero-order valence-corrected chi connectivity index (χ0v) is 9.30. The van der Waals surface area contributed by atoms with Gasteiger partial charge in [0.1, 0.15) is 6.04 Å². The maximum atomic E-state index is 11.9. The van der Waals surface area contributed by atoms with E-state index in [0.29, 0.717) is 12.1 Å². The number of fused-ring (bicyclic) bond motifs is 1. The van der Waals surface area contributed by atoms with Crippen LogP contribution in [0.5, 0.6) is 0 Å². The van der Waals surface area contributed by atoms with Gasteiger partial charge in [0.25, 0.3) is 0 Å². The number of benzene rings is 1. The molecule has 0 saturated carbocycles. The lowest BCUT2D eigenvalue weighted by atomic mass is 10.1. The predicted octanol–water partition coefficient (Wildman–Crippen LogP) is 1.60. The van der Waals surface area contributed by atoms with Gasteiger partial charge in [-0.05, 0) is 11.6 Å². The molecule has 0 aliphatic carbocycles. The molecule has 1 N–H and O–H groups in total. The molecular formula is C13H13NO3. The van der Waals surface area contributed by atoms with Crippen LogP contribution in [0.15, 0.2) is 36.9 Å². The summed E-state index contributed by atoms with van der Waals surface area (Å²) in [5.41, 5.74) is 1.60. The number of nitrogens with zero attached hydrogens (tertiary/aromatic N) is 1. The van der Waals surface area contributed by atoms with Crippen molar-refractivity contribution in [2.45, 2.75) is 18.9 Å². The van der Waals surface area contributed by atoms with Crippen molar-refractivity contribution in [2.24, 2.45) is 0 Å². The van der Waals surface area contributed by atoms with E-state index in [1.165, 1.54) is 11.0 Å². The zero-order chi connectivity index (χ0) is 12.4. The highest BCUT2D eigenvalue weighted by Gasteiger charge is 2.37. The lowest BCUT2D eigenvalue weighted by Gasteiger charge is -2.21. The van der Waals surface area contributed by atoms with Gasteiger partial charge < -0.3 is 5.11 Å². The highest BCUT2D eigenvalue weighted by molar-refractivity contribution is 6.02. The van der Waals surface area contributed by atoms with E-state index in [9.17, 15) is 9.59 Å². The molecule has 1 aliphatic rings. The first-order valence-electron chi connectivity index (χ1n) is 5.39. The number of hydrogen-bond donors (Lipinski definition) is 1. The number of anilines is 1. The minimum absolute atomic E-state index is 0.151. The second-order valence-corrected chi connectivity index (χ2v) is 3.94. The number of rotatable bonds is 3. The van der Waals surface area contributed by atoms with Gasteiger partial charge in [-0.1, -0.05) is 24.3 Å². The topological polar surface area (TPSA) is 57.6 Å². The van der Waals surface area contributed by atoms with Gasteiger partial charge in [-0.15, -0.1) is 6.58 Å². The summed E-state index contributed by atoms with van der Waals surface area (Å²) in [4.78, 5) is 24.4. The third-order valence-corrected chi connectivity index (χ3v) is 2.85. The second-order valence-electron chi connectivity index (χ2n) is 3.94. The van der Waals surface area contributed by atoms with E-state index in [-0.39, 0.29) is 12.3 Å². The molecule has 88 valence electrons. The molecule has 0 aromatic heterocycles. The van der Waals surface area contributed by atoms with Gasteiger partial charge in [-0.2, -0.15) is 0 Å². The van der Waals surface area contributed by atoms with Gasteiger partial charge in [-0.3, -0.25) is 9.69 Å². The van der Waals surface area contributed by atoms with Crippen molar-refractivity contribution in [1.29, 1.82) is 0 Å². The smallest absolute Gasteiger partial charge is 0.327 e. The van der Waals surface area contributed by atoms with Crippen LogP contribution in [0.2, 0.25) is 0 Å². The van der Waals surface area contributed by atoms with Crippen LogP contribution in [-0.2, 0) is 16.0 Å². The first kappa shape index (κ1) is 11.4. The average Bonchev–Trinajstić information content (AvgIpc) is 2.68. The largest absolute Gasteiger partial charge is 0.480 e. The molecule has 0 radical (unpaired) electrons. The normalized spacial score (nSPS) is 17.6. The summed E-state index contributed by atoms with van der Waals surface area (Å²) in [5, 5.41) is 9.15. The highest BCUT2D eigenvalue weighted by Crippen LogP contribution is 2.32. The lowest BCUT2D eigenvalue weighted by molar-refractivity contribution is -0.139. The van der Waals surface area contributed by atoms with E-state index >= 15 is 0 Å². The SMILES string of the molecule is C=CCC(=O)N1c2ccccc2CC1C(=O)O. The van der Waals surface area contributed by atoms with E-state index < -0.39 is 12.0 Å². The summed E-state index contributed by atoms with van der Waals surface area (Å²) in [6, 6.07) is 6.49. The van der Waals surface area contributed by atoms with E-state index in [0.717, 1.165) is 5.56 Å². The molecule has 4 heteroatoms. The zero-order valence-electron chi connectivity index (χ0n) is 9.30. The lowest BCUT2D eigenvalue weighted by Crippen LogP contribution is -2.42. The third kappa shape index (κ3) is 1.93. The summed E-state index contributed by atoms with van der Waals surface area (Å²) in [5.74, 6) is -1.20. The number of carboxylic acids is 1. The quantitative estimate of drug-likeness (QED) is 0.804. The van der Waals surface area contributed by atoms with Crippen LogP contribution in [0.25, 0.3) is 0 Å². The Morgan fingerprint density at radius 3 is 2.82 bits per heavy atom. The van der Waals surface area contributed by atoms with Crippen molar-refractivity contribution in [3.63, 3.8) is 0 Å². The van der Waals surface area contributed by atoms with Gasteiger partial charge in [0.15, 0.2) is 0 Å². The van der Waals surface area contributed by atoms with Crippen molar-refractivity contribution >= 4 is 17.6 Å². The molecule has 0 bridgehead atoms. The average molecular weight is 231 g/mol. The maximum absolute atomic E-state index is 11.9. The number of carbonyl (C=O) groups excluding carboxylic acids is 1. The van der Waals surface area contributed by atoms with Crippen molar-refractivity contribution in [3.8, 4) is 0 Å². The molecule has 1 aromatic carbocycles. The monoisotopic (exact) mass is 231 g/mol. The van der Waals surface area contributed by atoms with Gasteiger partial charge in [0.05, 0.1) is 0 Å². The predicted molar refractivity (Wildman–Crippen MR) is 63.9 cm³/mol. The number of carboxylic acid groups (broad SMARTS) is 1. The number of para-hydroxylation sites is 1. The Morgan fingerprint density at radius 1 is 1.47 bits per heavy atom. The Labute approximate surface area is 99.2 Å². The van der Waals surface area contributed by atoms with Crippen LogP contribution in [0.1, 0.15) is 12.0 Å². The van der Waals surface area contributed by atoms with Crippen LogP contribution >= 0.6 is 0 Å². The fourth-order valence-electron chi connectivity index (χ4n) is 2.11. The number of carbonyl (C=O) groups is 2. The summed E-state index contributed by atoms with van der Waals surface area (Å²) >= 11 is 0. The van der Waals surface area contributed by atoms with Crippen LogP contribution in [-0.4, -0.2) is 23.0 Å². The van der Waals surface area contributed by atoms with Gasteiger partial charge in [-0.25, -0.2) is 4.79 Å². The van der Waals surface area contributed by atoms with Gasteiger partial charge >= 0.3 is 5.97 Å². The van der Waals surface area contributed by atoms with E-state index in [1.807, 2.05) is 12.1 Å². The van der Waals surface area contributed by atoms with Crippen LogP contribution in [0.4, 0.5) is 5.69 Å². The summed E-state index contributed by atoms with van der Waals surface area (Å²) in [6.45, 7) is 3.50. The first-order valence-corrected chi connectivity index (χ1v) is 5.39. The van der Waals surface area contributed by atoms with E-state index in [4.69, 9.17) is 5.11 Å². The fraction of sp³-hybridized carbons (Fsp3) is 0.231. The Morgan fingerprint density at radius 2 is 2.18 bits per heavy atom. The molecule has 0 saturated heterocycles. The van der Waals surface area contributed by atoms with Crippen molar-refractivity contribution in [1.82, 2.24) is 0 Å². The van der Waals surface area contributed by atoms with Crippen molar-refractivity contribution < 1.29 is 14.7 Å². The molecule has 1 atom stereocenters. The molecule has 1 aromatic rings. The highest BCUT2D eigenvalue weighted by atomic mass is 16.4. The van der Waals surface area contributed by atoms with Crippen molar-refractivity contribution in [3.05, 3.63) is 42.5 Å². The molecular weight excluding hydrogens is 218 g/mol. The van der Waals surface area contributed by atoms with E-state index in [1.54, 1.807) is 12.1 Å². The second kappa shape index (κ2) is 4.41. The first-order chi connectivity index (χ1) is 8.15. The molecule has 17 heavy (non-hydrogen) atoms. The standard InChI is InChI=1S/C13H13NO3/c1-2-5-12(15)14-10-7-4-3-6-9(10)8-11(14)13(16)17/h2-4,6-7,11H,1,5,8H2,(H,16,17). The molecule has 1 heterocycles. The number of hydrogen-bond acceptors (Lipinski definition) is 2. The summed E-state index contributed by atoms with van der Waals surface area (Å²) < 4.78 is 0. The third-order valence-electron chi connectivity index (χ3n) is 2.85. The molecule has 1 aliphatic heterocycles. The Bertz CT molecular complexity index is 481. The van der Waals surface area contributed by atoms with Crippen LogP contribution < -0.4 is 4.90 Å². The molecule has 0 spiro atoms. The molecule has 2 rings (SSSR count). The molecule has 4 nitrogen and oxygen atoms in total. The number of amides is 1. The Kier molecular flexibility index (Phi) is 2.95. The number of aliphatic carboxylic acids is 1. The Balaban J connectivity index is 2.40. The maximum Gasteiger partial charge on any atom is 0.327 e. The minimum Gasteiger partial charge on any atom is -0.480 e. The van der Waals surface area contributed by atoms with Crippen molar-refractivity contribution in [2.75, 3.05) is 4.90 Å². The molecule has 1 unspecified atom stereocenters. The fourth-order valence-corrected chi connectivity index (χ4v) is 2.11. The molecule has 0 fully saturated rings.